The number of rotatable bonds is 7. The van der Waals surface area contributed by atoms with Crippen LogP contribution in [0.3, 0.4) is 0 Å². The molecule has 30 heavy (non-hydrogen) atoms. The highest BCUT2D eigenvalue weighted by atomic mass is 16.5. The molecule has 156 valence electrons. The third-order valence-electron chi connectivity index (χ3n) is 4.91. The van der Waals surface area contributed by atoms with Gasteiger partial charge in [0.2, 0.25) is 0 Å². The summed E-state index contributed by atoms with van der Waals surface area (Å²) in [6.07, 6.45) is 0.750. The van der Waals surface area contributed by atoms with Crippen LogP contribution < -0.4 is 14.8 Å². The minimum absolute atomic E-state index is 0.0291. The molecular formula is C26H29NO3. The molecule has 0 spiro atoms. The maximum atomic E-state index is 12.6. The zero-order valence-corrected chi connectivity index (χ0v) is 18.1. The molecule has 0 aliphatic carbocycles. The van der Waals surface area contributed by atoms with E-state index in [-0.39, 0.29) is 17.9 Å². The van der Waals surface area contributed by atoms with Gasteiger partial charge >= 0.3 is 0 Å². The van der Waals surface area contributed by atoms with Gasteiger partial charge in [-0.3, -0.25) is 4.79 Å². The molecule has 0 fully saturated rings. The Bertz CT molecular complexity index is 991. The van der Waals surface area contributed by atoms with Gasteiger partial charge in [0.1, 0.15) is 11.5 Å². The summed E-state index contributed by atoms with van der Waals surface area (Å²) in [5.74, 6) is 1.11. The second kappa shape index (κ2) is 9.49. The third-order valence-corrected chi connectivity index (χ3v) is 4.91. The van der Waals surface area contributed by atoms with Gasteiger partial charge in [0.25, 0.3) is 5.91 Å². The molecule has 0 saturated carbocycles. The largest absolute Gasteiger partial charge is 0.495 e. The van der Waals surface area contributed by atoms with E-state index >= 15 is 0 Å². The van der Waals surface area contributed by atoms with Crippen molar-refractivity contribution in [3.63, 3.8) is 0 Å². The summed E-state index contributed by atoms with van der Waals surface area (Å²) >= 11 is 0. The van der Waals surface area contributed by atoms with Crippen LogP contribution in [0.5, 0.6) is 11.5 Å². The quantitative estimate of drug-likeness (QED) is 0.558. The van der Waals surface area contributed by atoms with Crippen molar-refractivity contribution < 1.29 is 14.3 Å². The molecule has 0 aromatic heterocycles. The van der Waals surface area contributed by atoms with Crippen LogP contribution in [0.2, 0.25) is 0 Å². The number of benzene rings is 3. The van der Waals surface area contributed by atoms with E-state index in [4.69, 9.17) is 9.47 Å². The first kappa shape index (κ1) is 21.4. The number of anilines is 1. The van der Waals surface area contributed by atoms with Gasteiger partial charge in [0, 0.05) is 6.42 Å². The van der Waals surface area contributed by atoms with E-state index in [1.165, 1.54) is 5.56 Å². The summed E-state index contributed by atoms with van der Waals surface area (Å²) in [7, 11) is 1.60. The number of hydrogen-bond acceptors (Lipinski definition) is 3. The molecule has 1 amide bonds. The fourth-order valence-corrected chi connectivity index (χ4v) is 3.21. The second-order valence-electron chi connectivity index (χ2n) is 8.27. The van der Waals surface area contributed by atoms with Crippen LogP contribution in [0.15, 0.2) is 72.8 Å². The van der Waals surface area contributed by atoms with Crippen molar-refractivity contribution in [1.29, 1.82) is 0 Å². The molecular weight excluding hydrogens is 374 g/mol. The van der Waals surface area contributed by atoms with Crippen LogP contribution in [0.25, 0.3) is 0 Å². The Morgan fingerprint density at radius 2 is 1.60 bits per heavy atom. The number of amides is 1. The summed E-state index contributed by atoms with van der Waals surface area (Å²) in [5, 5.41) is 2.92. The predicted molar refractivity (Wildman–Crippen MR) is 122 cm³/mol. The van der Waals surface area contributed by atoms with E-state index in [0.717, 1.165) is 17.5 Å². The van der Waals surface area contributed by atoms with Crippen LogP contribution in [0.4, 0.5) is 5.69 Å². The van der Waals surface area contributed by atoms with Gasteiger partial charge in [-0.1, -0.05) is 75.4 Å². The van der Waals surface area contributed by atoms with Gasteiger partial charge in [-0.05, 0) is 40.3 Å². The number of carbonyl (C=O) groups excluding carboxylic acids is 1. The lowest BCUT2D eigenvalue weighted by atomic mass is 9.87. The Hall–Kier alpha value is -3.27. The molecule has 0 aliphatic heterocycles. The van der Waals surface area contributed by atoms with Crippen molar-refractivity contribution in [2.24, 2.45) is 0 Å². The van der Waals surface area contributed by atoms with E-state index in [1.54, 1.807) is 7.11 Å². The average Bonchev–Trinajstić information content (AvgIpc) is 2.73. The van der Waals surface area contributed by atoms with Crippen LogP contribution in [0, 0.1) is 0 Å². The molecule has 3 rings (SSSR count). The van der Waals surface area contributed by atoms with Crippen LogP contribution in [0.1, 0.15) is 37.5 Å². The summed E-state index contributed by atoms with van der Waals surface area (Å²) in [4.78, 5) is 12.6. The molecule has 0 aliphatic rings. The van der Waals surface area contributed by atoms with Gasteiger partial charge < -0.3 is 14.8 Å². The molecule has 0 bridgehead atoms. The van der Waals surface area contributed by atoms with Crippen molar-refractivity contribution in [2.45, 2.75) is 32.6 Å². The molecule has 0 atom stereocenters. The van der Waals surface area contributed by atoms with Gasteiger partial charge in [-0.2, -0.15) is 0 Å². The lowest BCUT2D eigenvalue weighted by Crippen LogP contribution is -2.21. The molecule has 3 aromatic rings. The van der Waals surface area contributed by atoms with Crippen molar-refractivity contribution in [3.8, 4) is 11.5 Å². The maximum absolute atomic E-state index is 12.6. The monoisotopic (exact) mass is 403 g/mol. The minimum Gasteiger partial charge on any atom is -0.495 e. The number of nitrogens with one attached hydrogen (secondary N) is 1. The standard InChI is InChI=1S/C26H29NO3/c1-26(2,3)21-14-15-24(29-4)22(17-21)27-25(28)18-30-23-13-9-8-12-20(23)16-19-10-6-5-7-11-19/h5-15,17H,16,18H2,1-4H3,(H,27,28). The van der Waals surface area contributed by atoms with E-state index in [0.29, 0.717) is 17.2 Å². The van der Waals surface area contributed by atoms with Crippen molar-refractivity contribution in [3.05, 3.63) is 89.5 Å². The van der Waals surface area contributed by atoms with E-state index in [1.807, 2.05) is 60.7 Å². The van der Waals surface area contributed by atoms with Crippen LogP contribution in [-0.4, -0.2) is 19.6 Å². The van der Waals surface area contributed by atoms with E-state index in [9.17, 15) is 4.79 Å². The lowest BCUT2D eigenvalue weighted by molar-refractivity contribution is -0.118. The van der Waals surface area contributed by atoms with Gasteiger partial charge in [0.05, 0.1) is 12.8 Å². The summed E-state index contributed by atoms with van der Waals surface area (Å²) in [5.41, 5.74) is 3.98. The molecule has 0 unspecified atom stereocenters. The first-order valence-corrected chi connectivity index (χ1v) is 10.1. The second-order valence-corrected chi connectivity index (χ2v) is 8.27. The molecule has 0 heterocycles. The zero-order chi connectivity index (χ0) is 21.6. The maximum Gasteiger partial charge on any atom is 0.262 e. The third kappa shape index (κ3) is 5.63. The Morgan fingerprint density at radius 1 is 0.900 bits per heavy atom. The van der Waals surface area contributed by atoms with Crippen molar-refractivity contribution in [2.75, 3.05) is 19.0 Å². The minimum atomic E-state index is -0.228. The van der Waals surface area contributed by atoms with Crippen molar-refractivity contribution >= 4 is 11.6 Å². The molecule has 4 nitrogen and oxygen atoms in total. The number of hydrogen-bond donors (Lipinski definition) is 1. The lowest BCUT2D eigenvalue weighted by Gasteiger charge is -2.21. The first-order chi connectivity index (χ1) is 14.4. The topological polar surface area (TPSA) is 47.6 Å². The van der Waals surface area contributed by atoms with Gasteiger partial charge in [-0.25, -0.2) is 0 Å². The van der Waals surface area contributed by atoms with E-state index in [2.05, 4.69) is 38.2 Å². The molecule has 0 radical (unpaired) electrons. The predicted octanol–water partition coefficient (Wildman–Crippen LogP) is 5.60. The fraction of sp³-hybridized carbons (Fsp3) is 0.269. The molecule has 4 heteroatoms. The average molecular weight is 404 g/mol. The molecule has 0 saturated heterocycles. The van der Waals surface area contributed by atoms with Crippen LogP contribution in [-0.2, 0) is 16.6 Å². The number of methoxy groups -OCH3 is 1. The first-order valence-electron chi connectivity index (χ1n) is 10.1. The highest BCUT2D eigenvalue weighted by Gasteiger charge is 2.17. The smallest absolute Gasteiger partial charge is 0.262 e. The summed E-state index contributed by atoms with van der Waals surface area (Å²) in [6.45, 7) is 6.32. The number of para-hydroxylation sites is 1. The Labute approximate surface area is 178 Å². The number of carbonyl (C=O) groups is 1. The highest BCUT2D eigenvalue weighted by Crippen LogP contribution is 2.31. The van der Waals surface area contributed by atoms with Gasteiger partial charge in [-0.15, -0.1) is 0 Å². The Balaban J connectivity index is 1.68. The summed E-state index contributed by atoms with van der Waals surface area (Å²) < 4.78 is 11.3. The number of ether oxygens (including phenoxy) is 2. The Morgan fingerprint density at radius 3 is 2.30 bits per heavy atom. The molecule has 1 N–H and O–H groups in total. The van der Waals surface area contributed by atoms with Crippen LogP contribution >= 0.6 is 0 Å². The Kier molecular flexibility index (Phi) is 6.78. The fourth-order valence-electron chi connectivity index (χ4n) is 3.21. The van der Waals surface area contributed by atoms with Gasteiger partial charge in [0.15, 0.2) is 6.61 Å². The van der Waals surface area contributed by atoms with Crippen molar-refractivity contribution in [1.82, 2.24) is 0 Å². The highest BCUT2D eigenvalue weighted by molar-refractivity contribution is 5.93. The zero-order valence-electron chi connectivity index (χ0n) is 18.1. The molecule has 3 aromatic carbocycles. The normalized spacial score (nSPS) is 11.1. The van der Waals surface area contributed by atoms with E-state index < -0.39 is 0 Å². The SMILES string of the molecule is COc1ccc(C(C)(C)C)cc1NC(=O)COc1ccccc1Cc1ccccc1. The summed E-state index contributed by atoms with van der Waals surface area (Å²) in [6, 6.07) is 23.9.